The standard InChI is InChI=1S/C8H14FNO/c1-10-3-5-2-7(9)8(11)6(5)4-10/h5-8,11H,2-4H2,1H3/t5-,6+,7-,8+/m0/s1. The van der Waals surface area contributed by atoms with Crippen molar-refractivity contribution >= 4 is 0 Å². The zero-order valence-corrected chi connectivity index (χ0v) is 6.70. The quantitative estimate of drug-likeness (QED) is 0.548. The Balaban J connectivity index is 2.07. The minimum Gasteiger partial charge on any atom is -0.390 e. The van der Waals surface area contributed by atoms with Crippen molar-refractivity contribution in [1.82, 2.24) is 4.90 Å². The molecule has 0 radical (unpaired) electrons. The van der Waals surface area contributed by atoms with Crippen molar-refractivity contribution < 1.29 is 9.50 Å². The number of rotatable bonds is 0. The van der Waals surface area contributed by atoms with E-state index in [1.54, 1.807) is 0 Å². The van der Waals surface area contributed by atoms with Crippen LogP contribution >= 0.6 is 0 Å². The van der Waals surface area contributed by atoms with Crippen LogP contribution in [0.4, 0.5) is 4.39 Å². The Morgan fingerprint density at radius 2 is 2.18 bits per heavy atom. The van der Waals surface area contributed by atoms with Gasteiger partial charge >= 0.3 is 0 Å². The summed E-state index contributed by atoms with van der Waals surface area (Å²) in [5.74, 6) is 0.611. The molecule has 2 fully saturated rings. The number of hydrogen-bond donors (Lipinski definition) is 1. The van der Waals surface area contributed by atoms with Crippen LogP contribution in [0.2, 0.25) is 0 Å². The molecule has 1 saturated heterocycles. The molecule has 0 aromatic heterocycles. The normalized spacial score (nSPS) is 51.5. The van der Waals surface area contributed by atoms with Crippen LogP contribution in [-0.4, -0.2) is 42.4 Å². The van der Waals surface area contributed by atoms with E-state index in [9.17, 15) is 9.50 Å². The molecule has 64 valence electrons. The van der Waals surface area contributed by atoms with Gasteiger partial charge in [-0.3, -0.25) is 0 Å². The Hall–Kier alpha value is -0.150. The van der Waals surface area contributed by atoms with Crippen LogP contribution < -0.4 is 0 Å². The van der Waals surface area contributed by atoms with Gasteiger partial charge < -0.3 is 10.0 Å². The maximum Gasteiger partial charge on any atom is 0.127 e. The van der Waals surface area contributed by atoms with Crippen LogP contribution in [0, 0.1) is 11.8 Å². The lowest BCUT2D eigenvalue weighted by Gasteiger charge is -2.14. The predicted molar refractivity (Wildman–Crippen MR) is 40.0 cm³/mol. The van der Waals surface area contributed by atoms with E-state index in [-0.39, 0.29) is 5.92 Å². The predicted octanol–water partition coefficient (Wildman–Crippen LogP) is 0.267. The van der Waals surface area contributed by atoms with E-state index in [1.165, 1.54) is 0 Å². The second kappa shape index (κ2) is 2.42. The summed E-state index contributed by atoms with van der Waals surface area (Å²) in [4.78, 5) is 2.17. The summed E-state index contributed by atoms with van der Waals surface area (Å²) in [5.41, 5.74) is 0. The summed E-state index contributed by atoms with van der Waals surface area (Å²) in [5, 5.41) is 9.38. The number of nitrogens with zero attached hydrogens (tertiary/aromatic N) is 1. The summed E-state index contributed by atoms with van der Waals surface area (Å²) in [6.07, 6.45) is -1.08. The molecule has 0 spiro atoms. The molecule has 0 bridgehead atoms. The van der Waals surface area contributed by atoms with Gasteiger partial charge in [0.05, 0.1) is 6.10 Å². The number of fused-ring (bicyclic) bond motifs is 1. The molecular formula is C8H14FNO. The van der Waals surface area contributed by atoms with Crippen LogP contribution in [0.3, 0.4) is 0 Å². The number of alkyl halides is 1. The molecule has 1 N–H and O–H groups in total. The van der Waals surface area contributed by atoms with Crippen LogP contribution in [0.15, 0.2) is 0 Å². The van der Waals surface area contributed by atoms with Gasteiger partial charge in [-0.25, -0.2) is 4.39 Å². The fourth-order valence-electron chi connectivity index (χ4n) is 2.45. The van der Waals surface area contributed by atoms with Gasteiger partial charge in [0.15, 0.2) is 0 Å². The van der Waals surface area contributed by atoms with Crippen molar-refractivity contribution in [2.24, 2.45) is 11.8 Å². The van der Waals surface area contributed by atoms with E-state index in [1.807, 2.05) is 7.05 Å². The summed E-state index contributed by atoms with van der Waals surface area (Å²) < 4.78 is 12.9. The maximum atomic E-state index is 12.9. The van der Waals surface area contributed by atoms with Crippen molar-refractivity contribution in [3.05, 3.63) is 0 Å². The van der Waals surface area contributed by atoms with Crippen molar-refractivity contribution in [3.63, 3.8) is 0 Å². The second-order valence-corrected chi connectivity index (χ2v) is 3.89. The molecule has 0 unspecified atom stereocenters. The third kappa shape index (κ3) is 1.07. The molecular weight excluding hydrogens is 145 g/mol. The molecule has 2 nitrogen and oxygen atoms in total. The average Bonchev–Trinajstić information content (AvgIpc) is 2.37. The van der Waals surface area contributed by atoms with E-state index in [2.05, 4.69) is 4.90 Å². The molecule has 0 aromatic carbocycles. The number of aliphatic hydroxyl groups is 1. The highest BCUT2D eigenvalue weighted by atomic mass is 19.1. The largest absolute Gasteiger partial charge is 0.390 e. The van der Waals surface area contributed by atoms with Crippen molar-refractivity contribution in [2.75, 3.05) is 20.1 Å². The van der Waals surface area contributed by atoms with E-state index >= 15 is 0 Å². The van der Waals surface area contributed by atoms with Gasteiger partial charge in [-0.2, -0.15) is 0 Å². The van der Waals surface area contributed by atoms with Gasteiger partial charge in [0, 0.05) is 19.0 Å². The molecule has 3 heteroatoms. The fourth-order valence-corrected chi connectivity index (χ4v) is 2.45. The lowest BCUT2D eigenvalue weighted by Crippen LogP contribution is -2.27. The smallest absolute Gasteiger partial charge is 0.127 e. The van der Waals surface area contributed by atoms with Gasteiger partial charge in [0.25, 0.3) is 0 Å². The van der Waals surface area contributed by atoms with Crippen LogP contribution in [-0.2, 0) is 0 Å². The first-order valence-electron chi connectivity index (χ1n) is 4.19. The topological polar surface area (TPSA) is 23.5 Å². The fraction of sp³-hybridized carbons (Fsp3) is 1.00. The lowest BCUT2D eigenvalue weighted by atomic mass is 10.00. The minimum absolute atomic E-state index is 0.204. The molecule has 2 rings (SSSR count). The van der Waals surface area contributed by atoms with Crippen molar-refractivity contribution in [1.29, 1.82) is 0 Å². The molecule has 2 aliphatic rings. The Labute approximate surface area is 66.0 Å². The average molecular weight is 159 g/mol. The minimum atomic E-state index is -0.960. The molecule has 1 aliphatic carbocycles. The highest BCUT2D eigenvalue weighted by Crippen LogP contribution is 2.38. The van der Waals surface area contributed by atoms with Gasteiger partial charge in [-0.05, 0) is 19.4 Å². The maximum absolute atomic E-state index is 12.9. The van der Waals surface area contributed by atoms with E-state index < -0.39 is 12.3 Å². The highest BCUT2D eigenvalue weighted by Gasteiger charge is 2.46. The molecule has 0 amide bonds. The SMILES string of the molecule is CN1C[C@@H]2C[C@H](F)[C@H](O)[C@@H]2C1. The van der Waals surface area contributed by atoms with Crippen LogP contribution in [0.1, 0.15) is 6.42 Å². The van der Waals surface area contributed by atoms with Gasteiger partial charge in [0.2, 0.25) is 0 Å². The number of hydrogen-bond acceptors (Lipinski definition) is 2. The Morgan fingerprint density at radius 1 is 1.45 bits per heavy atom. The number of aliphatic hydroxyl groups excluding tert-OH is 1. The second-order valence-electron chi connectivity index (χ2n) is 3.89. The number of likely N-dealkylation sites (tertiary alicyclic amines) is 1. The highest BCUT2D eigenvalue weighted by molar-refractivity contribution is 4.97. The van der Waals surface area contributed by atoms with Gasteiger partial charge in [-0.1, -0.05) is 0 Å². The summed E-state index contributed by atoms with van der Waals surface area (Å²) in [7, 11) is 2.03. The number of halogens is 1. The van der Waals surface area contributed by atoms with E-state index in [0.29, 0.717) is 12.3 Å². The molecule has 0 aromatic rings. The van der Waals surface area contributed by atoms with Gasteiger partial charge in [-0.15, -0.1) is 0 Å². The Morgan fingerprint density at radius 3 is 2.82 bits per heavy atom. The zero-order chi connectivity index (χ0) is 8.01. The van der Waals surface area contributed by atoms with Gasteiger partial charge in [0.1, 0.15) is 6.17 Å². The molecule has 1 heterocycles. The third-order valence-electron chi connectivity index (χ3n) is 3.01. The van der Waals surface area contributed by atoms with Crippen LogP contribution in [0.25, 0.3) is 0 Å². The third-order valence-corrected chi connectivity index (χ3v) is 3.01. The van der Waals surface area contributed by atoms with Crippen molar-refractivity contribution in [3.8, 4) is 0 Å². The Kier molecular flexibility index (Phi) is 1.65. The van der Waals surface area contributed by atoms with E-state index in [4.69, 9.17) is 0 Å². The first-order chi connectivity index (χ1) is 5.18. The first kappa shape index (κ1) is 7.50. The zero-order valence-electron chi connectivity index (χ0n) is 6.70. The monoisotopic (exact) mass is 159 g/mol. The first-order valence-corrected chi connectivity index (χ1v) is 4.19. The summed E-state index contributed by atoms with van der Waals surface area (Å²) in [6.45, 7) is 1.83. The van der Waals surface area contributed by atoms with Crippen LogP contribution in [0.5, 0.6) is 0 Å². The summed E-state index contributed by atoms with van der Waals surface area (Å²) >= 11 is 0. The molecule has 1 aliphatic heterocycles. The molecule has 4 atom stereocenters. The lowest BCUT2D eigenvalue weighted by molar-refractivity contribution is 0.0656. The molecule has 1 saturated carbocycles. The summed E-state index contributed by atoms with van der Waals surface area (Å²) in [6, 6.07) is 0. The molecule has 11 heavy (non-hydrogen) atoms. The van der Waals surface area contributed by atoms with Crippen molar-refractivity contribution in [2.45, 2.75) is 18.7 Å². The van der Waals surface area contributed by atoms with E-state index in [0.717, 1.165) is 13.1 Å². The Bertz CT molecular complexity index is 164.